The zero-order chi connectivity index (χ0) is 41.9. The highest BCUT2D eigenvalue weighted by molar-refractivity contribution is 6.99. The first kappa shape index (κ1) is 38.0. The van der Waals surface area contributed by atoms with Crippen molar-refractivity contribution in [1.82, 2.24) is 0 Å². The third-order valence-electron chi connectivity index (χ3n) is 12.8. The smallest absolute Gasteiger partial charge is 0.256 e. The van der Waals surface area contributed by atoms with Crippen LogP contribution in [0.15, 0.2) is 144 Å². The monoisotopic (exact) mass is 784 g/mol. The zero-order valence-electron chi connectivity index (χ0n) is 36.6. The van der Waals surface area contributed by atoms with E-state index in [9.17, 15) is 0 Å². The molecule has 10 rings (SSSR count). The number of rotatable bonds is 4. The van der Waals surface area contributed by atoms with Crippen molar-refractivity contribution in [3.05, 3.63) is 156 Å². The second-order valence-corrected chi connectivity index (χ2v) is 20.0. The van der Waals surface area contributed by atoms with Crippen LogP contribution in [0, 0.1) is 0 Å². The Hall–Kier alpha value is -6.20. The molecule has 5 heteroatoms. The summed E-state index contributed by atoms with van der Waals surface area (Å²) in [6.45, 7) is 20.6. The van der Waals surface area contributed by atoms with Crippen molar-refractivity contribution in [1.29, 1.82) is 0 Å². The summed E-state index contributed by atoms with van der Waals surface area (Å²) in [5.41, 5.74) is 17.0. The lowest BCUT2D eigenvalue weighted by molar-refractivity contribution is 0.486. The maximum Gasteiger partial charge on any atom is 0.256 e. The van der Waals surface area contributed by atoms with Crippen LogP contribution in [0.5, 0.6) is 11.5 Å². The van der Waals surface area contributed by atoms with E-state index >= 15 is 0 Å². The Kier molecular flexibility index (Phi) is 8.50. The fourth-order valence-electron chi connectivity index (χ4n) is 9.27. The van der Waals surface area contributed by atoms with E-state index in [0.717, 1.165) is 73.0 Å². The highest BCUT2D eigenvalue weighted by atomic mass is 16.5. The number of hydrogen-bond acceptors (Lipinski definition) is 4. The third kappa shape index (κ3) is 6.20. The maximum atomic E-state index is 7.09. The summed E-state index contributed by atoms with van der Waals surface area (Å²) < 4.78 is 13.9. The first-order valence-corrected chi connectivity index (χ1v) is 21.3. The fraction of sp³-hybridized carbons (Fsp3) is 0.236. The van der Waals surface area contributed by atoms with E-state index in [1.54, 1.807) is 0 Å². The first-order valence-electron chi connectivity index (χ1n) is 21.3. The highest BCUT2D eigenvalue weighted by Gasteiger charge is 2.44. The fourth-order valence-corrected chi connectivity index (χ4v) is 9.27. The van der Waals surface area contributed by atoms with Gasteiger partial charge < -0.3 is 19.0 Å². The predicted molar refractivity (Wildman–Crippen MR) is 256 cm³/mol. The molecule has 0 radical (unpaired) electrons. The van der Waals surface area contributed by atoms with E-state index in [1.165, 1.54) is 33.1 Å². The molecule has 0 spiro atoms. The number of benzene rings is 7. The molecule has 0 unspecified atom stereocenters. The van der Waals surface area contributed by atoms with Gasteiger partial charge in [-0.25, -0.2) is 0 Å². The lowest BCUT2D eigenvalue weighted by Gasteiger charge is -2.41. The van der Waals surface area contributed by atoms with Crippen molar-refractivity contribution >= 4 is 73.5 Å². The average Bonchev–Trinajstić information content (AvgIpc) is 3.60. The van der Waals surface area contributed by atoms with E-state index in [4.69, 9.17) is 9.15 Å². The van der Waals surface area contributed by atoms with E-state index in [1.807, 2.05) is 0 Å². The van der Waals surface area contributed by atoms with Gasteiger partial charge in [0.2, 0.25) is 0 Å². The van der Waals surface area contributed by atoms with Crippen LogP contribution in [0.1, 0.15) is 79.0 Å². The summed E-state index contributed by atoms with van der Waals surface area (Å²) in [7, 11) is 2.16. The summed E-state index contributed by atoms with van der Waals surface area (Å²) >= 11 is 0. The van der Waals surface area contributed by atoms with E-state index in [0.29, 0.717) is 0 Å². The van der Waals surface area contributed by atoms with Crippen molar-refractivity contribution in [3.8, 4) is 22.6 Å². The Morgan fingerprint density at radius 2 is 1.12 bits per heavy atom. The molecule has 0 bridgehead atoms. The van der Waals surface area contributed by atoms with Gasteiger partial charge in [0.15, 0.2) is 0 Å². The minimum Gasteiger partial charge on any atom is -0.458 e. The number of hydrogen-bond donors (Lipinski definition) is 0. The van der Waals surface area contributed by atoms with Gasteiger partial charge in [0.1, 0.15) is 22.7 Å². The Morgan fingerprint density at radius 1 is 0.483 bits per heavy atom. The lowest BCUT2D eigenvalue weighted by atomic mass is 9.33. The lowest BCUT2D eigenvalue weighted by Crippen LogP contribution is -2.60. The van der Waals surface area contributed by atoms with E-state index in [2.05, 4.69) is 219 Å². The molecule has 4 nitrogen and oxygen atoms in total. The SMILES string of the molecule is CN(c1ccc(C(C)(C)C)cc1)c1cc(N2c3ccc(C(C)(C)C)cc3B3c4cc(C(C)(C)C)ccc4Oc4cc(-c5ccccc5)cc2c43)c2c(c1)oc1ccccc12. The summed E-state index contributed by atoms with van der Waals surface area (Å²) in [4.78, 5) is 4.79. The van der Waals surface area contributed by atoms with Gasteiger partial charge in [0.05, 0.1) is 11.1 Å². The average molecular weight is 785 g/mol. The van der Waals surface area contributed by atoms with Gasteiger partial charge in [-0.2, -0.15) is 0 Å². The number of anilines is 5. The van der Waals surface area contributed by atoms with Crippen molar-refractivity contribution in [2.45, 2.75) is 78.6 Å². The molecule has 8 aromatic rings. The predicted octanol–water partition coefficient (Wildman–Crippen LogP) is 13.3. The molecular formula is C55H53BN2O2. The minimum atomic E-state index is -0.0550. The van der Waals surface area contributed by atoms with E-state index in [-0.39, 0.29) is 23.0 Å². The van der Waals surface area contributed by atoms with Crippen LogP contribution >= 0.6 is 0 Å². The Bertz CT molecular complexity index is 2980. The van der Waals surface area contributed by atoms with Gasteiger partial charge in [-0.15, -0.1) is 0 Å². The summed E-state index contributed by atoms with van der Waals surface area (Å²) in [6.07, 6.45) is 0. The molecule has 0 N–H and O–H groups in total. The first-order chi connectivity index (χ1) is 28.5. The van der Waals surface area contributed by atoms with E-state index < -0.39 is 0 Å². The molecule has 0 amide bonds. The van der Waals surface area contributed by atoms with Gasteiger partial charge in [-0.05, 0) is 109 Å². The quantitative estimate of drug-likeness (QED) is 0.166. The number of nitrogens with zero attached hydrogens (tertiary/aromatic N) is 2. The second-order valence-electron chi connectivity index (χ2n) is 20.0. The van der Waals surface area contributed by atoms with Gasteiger partial charge in [0, 0.05) is 41.2 Å². The molecular weight excluding hydrogens is 731 g/mol. The number of para-hydroxylation sites is 1. The van der Waals surface area contributed by atoms with Crippen LogP contribution < -0.4 is 30.9 Å². The normalized spacial score (nSPS) is 13.6. The van der Waals surface area contributed by atoms with Crippen LogP contribution in [0.25, 0.3) is 33.1 Å². The topological polar surface area (TPSA) is 28.9 Å². The minimum absolute atomic E-state index is 0.0282. The Balaban J connectivity index is 1.29. The van der Waals surface area contributed by atoms with Gasteiger partial charge in [-0.1, -0.05) is 147 Å². The van der Waals surface area contributed by atoms with Gasteiger partial charge in [0.25, 0.3) is 6.71 Å². The third-order valence-corrected chi connectivity index (χ3v) is 12.8. The largest absolute Gasteiger partial charge is 0.458 e. The molecule has 298 valence electrons. The molecule has 3 heterocycles. The van der Waals surface area contributed by atoms with Crippen molar-refractivity contribution in [2.75, 3.05) is 16.8 Å². The number of ether oxygens (including phenoxy) is 1. The molecule has 0 saturated carbocycles. The molecule has 60 heavy (non-hydrogen) atoms. The Morgan fingerprint density at radius 3 is 1.82 bits per heavy atom. The van der Waals surface area contributed by atoms with Crippen molar-refractivity contribution in [2.24, 2.45) is 0 Å². The number of fused-ring (bicyclic) bond motifs is 7. The summed E-state index contributed by atoms with van der Waals surface area (Å²) in [6, 6.07) is 51.4. The van der Waals surface area contributed by atoms with Crippen LogP contribution in [-0.4, -0.2) is 13.8 Å². The molecule has 0 aliphatic carbocycles. The molecule has 7 aromatic carbocycles. The van der Waals surface area contributed by atoms with Crippen LogP contribution in [0.2, 0.25) is 0 Å². The second kappa shape index (κ2) is 13.4. The molecule has 0 atom stereocenters. The molecule has 2 aliphatic rings. The Labute approximate surface area is 355 Å². The van der Waals surface area contributed by atoms with Crippen LogP contribution in [0.4, 0.5) is 28.4 Å². The zero-order valence-corrected chi connectivity index (χ0v) is 36.6. The highest BCUT2D eigenvalue weighted by Crippen LogP contribution is 2.49. The van der Waals surface area contributed by atoms with Crippen LogP contribution in [0.3, 0.4) is 0 Å². The standard InChI is InChI=1S/C55H53BN2O2/c1-53(2,3)36-20-24-39(25-21-36)57(10)40-32-45(51-41-18-14-15-19-47(41)59-49(51)33-40)58-44-26-22-37(54(4,5)6)30-42(44)56-43-31-38(55(7,8)9)23-27-48(43)60-50-29-35(28-46(58)52(50)56)34-16-12-11-13-17-34/h11-33H,1-10H3. The summed E-state index contributed by atoms with van der Waals surface area (Å²) in [5, 5.41) is 2.17. The van der Waals surface area contributed by atoms with Gasteiger partial charge in [-0.3, -0.25) is 0 Å². The van der Waals surface area contributed by atoms with Gasteiger partial charge >= 0.3 is 0 Å². The number of furan rings is 1. The summed E-state index contributed by atoms with van der Waals surface area (Å²) in [5.74, 6) is 1.81. The maximum absolute atomic E-state index is 7.09. The molecule has 0 saturated heterocycles. The molecule has 2 aliphatic heterocycles. The van der Waals surface area contributed by atoms with Crippen molar-refractivity contribution in [3.63, 3.8) is 0 Å². The molecule has 0 fully saturated rings. The van der Waals surface area contributed by atoms with Crippen LogP contribution in [-0.2, 0) is 16.2 Å². The van der Waals surface area contributed by atoms with Crippen molar-refractivity contribution < 1.29 is 9.15 Å². The molecule has 1 aromatic heterocycles.